The Bertz CT molecular complexity index is 194. The van der Waals surface area contributed by atoms with Gasteiger partial charge in [0.2, 0.25) is 0 Å². The van der Waals surface area contributed by atoms with Crippen LogP contribution in [0.15, 0.2) is 23.8 Å². The van der Waals surface area contributed by atoms with E-state index in [2.05, 4.69) is 6.58 Å². The van der Waals surface area contributed by atoms with E-state index in [9.17, 15) is 10.2 Å². The van der Waals surface area contributed by atoms with Crippen LogP contribution in [-0.2, 0) is 0 Å². The summed E-state index contributed by atoms with van der Waals surface area (Å²) in [4.78, 5) is 0. The molecule has 1 fully saturated rings. The second-order valence-corrected chi connectivity index (χ2v) is 2.90. The molecule has 0 aliphatic heterocycles. The third-order valence-corrected chi connectivity index (χ3v) is 2.21. The lowest BCUT2D eigenvalue weighted by Crippen LogP contribution is -2.28. The van der Waals surface area contributed by atoms with Crippen molar-refractivity contribution >= 4 is 0 Å². The molecule has 0 spiro atoms. The van der Waals surface area contributed by atoms with Gasteiger partial charge in [0.1, 0.15) is 0 Å². The largest absolute Gasteiger partial charge is 0.389 e. The molecule has 1 aliphatic carbocycles. The van der Waals surface area contributed by atoms with Crippen LogP contribution in [0.5, 0.6) is 0 Å². The highest BCUT2D eigenvalue weighted by Crippen LogP contribution is 2.27. The van der Waals surface area contributed by atoms with Gasteiger partial charge in [-0.2, -0.15) is 0 Å². The topological polar surface area (TPSA) is 40.5 Å². The number of hydrogen-bond acceptors (Lipinski definition) is 2. The van der Waals surface area contributed by atoms with Gasteiger partial charge in [0.15, 0.2) is 0 Å². The van der Waals surface area contributed by atoms with E-state index in [1.54, 1.807) is 0 Å². The number of hydrogen-bond donors (Lipinski definition) is 2. The van der Waals surface area contributed by atoms with Crippen LogP contribution in [0.25, 0.3) is 0 Å². The number of rotatable bonds is 0. The van der Waals surface area contributed by atoms with Crippen molar-refractivity contribution in [3.05, 3.63) is 23.8 Å². The Morgan fingerprint density at radius 2 is 2.18 bits per heavy atom. The standard InChI is InChI=1S/C9H14O2/c1-3-7-4-5-8(10)6(2)9(7)11/h3,8-11H,2,4-5H2,1H3. The van der Waals surface area contributed by atoms with Gasteiger partial charge < -0.3 is 10.2 Å². The van der Waals surface area contributed by atoms with E-state index in [1.165, 1.54) is 0 Å². The van der Waals surface area contributed by atoms with Gasteiger partial charge >= 0.3 is 0 Å². The maximum Gasteiger partial charge on any atom is 0.0983 e. The third-order valence-electron chi connectivity index (χ3n) is 2.21. The minimum absolute atomic E-state index is 0.520. The molecule has 62 valence electrons. The third kappa shape index (κ3) is 1.52. The molecule has 2 N–H and O–H groups in total. The molecule has 0 radical (unpaired) electrons. The van der Waals surface area contributed by atoms with Crippen LogP contribution in [-0.4, -0.2) is 22.4 Å². The summed E-state index contributed by atoms with van der Waals surface area (Å²) in [6, 6.07) is 0. The summed E-state index contributed by atoms with van der Waals surface area (Å²) < 4.78 is 0. The van der Waals surface area contributed by atoms with E-state index in [-0.39, 0.29) is 0 Å². The molecular formula is C9H14O2. The van der Waals surface area contributed by atoms with Crippen LogP contribution in [0.2, 0.25) is 0 Å². The van der Waals surface area contributed by atoms with E-state index in [0.717, 1.165) is 12.0 Å². The van der Waals surface area contributed by atoms with Gasteiger partial charge in [-0.1, -0.05) is 12.7 Å². The Hall–Kier alpha value is -0.600. The Morgan fingerprint density at radius 1 is 1.55 bits per heavy atom. The molecule has 0 aromatic heterocycles. The van der Waals surface area contributed by atoms with Crippen molar-refractivity contribution in [1.29, 1.82) is 0 Å². The fourth-order valence-corrected chi connectivity index (χ4v) is 1.35. The van der Waals surface area contributed by atoms with E-state index >= 15 is 0 Å². The molecule has 0 bridgehead atoms. The second-order valence-electron chi connectivity index (χ2n) is 2.90. The SMILES string of the molecule is C=C1C(O)CCC(=CC)C1O. The normalized spacial score (nSPS) is 36.3. The molecule has 1 saturated carbocycles. The summed E-state index contributed by atoms with van der Waals surface area (Å²) in [6.07, 6.45) is 2.22. The first-order valence-corrected chi connectivity index (χ1v) is 3.86. The van der Waals surface area contributed by atoms with Gasteiger partial charge in [-0.05, 0) is 30.9 Å². The molecule has 1 rings (SSSR count). The highest BCUT2D eigenvalue weighted by Gasteiger charge is 2.25. The average Bonchev–Trinajstić information content (AvgIpc) is 2.01. The van der Waals surface area contributed by atoms with Crippen LogP contribution >= 0.6 is 0 Å². The van der Waals surface area contributed by atoms with Gasteiger partial charge in [-0.25, -0.2) is 0 Å². The lowest BCUT2D eigenvalue weighted by atomic mass is 9.86. The monoisotopic (exact) mass is 154 g/mol. The fourth-order valence-electron chi connectivity index (χ4n) is 1.35. The van der Waals surface area contributed by atoms with Gasteiger partial charge in [-0.15, -0.1) is 0 Å². The highest BCUT2D eigenvalue weighted by molar-refractivity contribution is 5.27. The Morgan fingerprint density at radius 3 is 2.73 bits per heavy atom. The Kier molecular flexibility index (Phi) is 2.47. The fraction of sp³-hybridized carbons (Fsp3) is 0.556. The maximum absolute atomic E-state index is 9.48. The first-order chi connectivity index (χ1) is 5.16. The van der Waals surface area contributed by atoms with Crippen LogP contribution in [0, 0.1) is 0 Å². The quantitative estimate of drug-likeness (QED) is 0.511. The van der Waals surface area contributed by atoms with E-state index < -0.39 is 12.2 Å². The van der Waals surface area contributed by atoms with Crippen molar-refractivity contribution in [2.75, 3.05) is 0 Å². The first kappa shape index (κ1) is 8.50. The summed E-state index contributed by atoms with van der Waals surface area (Å²) in [5.74, 6) is 0. The molecule has 2 heteroatoms. The molecule has 2 nitrogen and oxygen atoms in total. The Balaban J connectivity index is 2.75. The molecule has 2 unspecified atom stereocenters. The van der Waals surface area contributed by atoms with Crippen molar-refractivity contribution in [2.24, 2.45) is 0 Å². The van der Waals surface area contributed by atoms with Crippen molar-refractivity contribution in [3.8, 4) is 0 Å². The molecule has 0 aromatic carbocycles. The molecule has 0 amide bonds. The second kappa shape index (κ2) is 3.20. The minimum Gasteiger partial charge on any atom is -0.389 e. The van der Waals surface area contributed by atoms with Gasteiger partial charge in [0.05, 0.1) is 12.2 Å². The lowest BCUT2D eigenvalue weighted by Gasteiger charge is -2.27. The highest BCUT2D eigenvalue weighted by atomic mass is 16.3. The molecule has 2 atom stereocenters. The van der Waals surface area contributed by atoms with Crippen molar-refractivity contribution < 1.29 is 10.2 Å². The summed E-state index contributed by atoms with van der Waals surface area (Å²) >= 11 is 0. The average molecular weight is 154 g/mol. The predicted octanol–water partition coefficient (Wildman–Crippen LogP) is 1.00. The van der Waals surface area contributed by atoms with E-state index in [1.807, 2.05) is 13.0 Å². The predicted molar refractivity (Wildman–Crippen MR) is 44.1 cm³/mol. The molecule has 0 saturated heterocycles. The molecule has 11 heavy (non-hydrogen) atoms. The van der Waals surface area contributed by atoms with E-state index in [4.69, 9.17) is 0 Å². The maximum atomic E-state index is 9.48. The molecular weight excluding hydrogens is 140 g/mol. The molecule has 0 heterocycles. The van der Waals surface area contributed by atoms with Gasteiger partial charge in [0, 0.05) is 0 Å². The summed E-state index contributed by atoms with van der Waals surface area (Å²) in [5, 5.41) is 18.8. The van der Waals surface area contributed by atoms with Gasteiger partial charge in [-0.3, -0.25) is 0 Å². The van der Waals surface area contributed by atoms with Crippen LogP contribution in [0.3, 0.4) is 0 Å². The smallest absolute Gasteiger partial charge is 0.0983 e. The Labute approximate surface area is 66.9 Å². The van der Waals surface area contributed by atoms with Crippen LogP contribution in [0.4, 0.5) is 0 Å². The lowest BCUT2D eigenvalue weighted by molar-refractivity contribution is 0.132. The summed E-state index contributed by atoms with van der Waals surface area (Å²) in [6.45, 7) is 5.53. The number of aliphatic hydroxyl groups excluding tert-OH is 2. The van der Waals surface area contributed by atoms with Crippen LogP contribution < -0.4 is 0 Å². The molecule has 1 aliphatic rings. The van der Waals surface area contributed by atoms with Gasteiger partial charge in [0.25, 0.3) is 0 Å². The zero-order valence-corrected chi connectivity index (χ0v) is 6.75. The summed E-state index contributed by atoms with van der Waals surface area (Å²) in [5.41, 5.74) is 1.50. The minimum atomic E-state index is -0.622. The number of allylic oxidation sites excluding steroid dienone is 1. The number of aliphatic hydroxyl groups is 2. The van der Waals surface area contributed by atoms with Crippen molar-refractivity contribution in [3.63, 3.8) is 0 Å². The van der Waals surface area contributed by atoms with Crippen molar-refractivity contribution in [2.45, 2.75) is 32.0 Å². The van der Waals surface area contributed by atoms with Crippen LogP contribution in [0.1, 0.15) is 19.8 Å². The summed E-state index contributed by atoms with van der Waals surface area (Å²) in [7, 11) is 0. The molecule has 0 aromatic rings. The van der Waals surface area contributed by atoms with Crippen molar-refractivity contribution in [1.82, 2.24) is 0 Å². The first-order valence-electron chi connectivity index (χ1n) is 3.86. The zero-order chi connectivity index (χ0) is 8.43. The zero-order valence-electron chi connectivity index (χ0n) is 6.75. The van der Waals surface area contributed by atoms with E-state index in [0.29, 0.717) is 12.0 Å².